The summed E-state index contributed by atoms with van der Waals surface area (Å²) in [6.45, 7) is 2.71. The van der Waals surface area contributed by atoms with Crippen LogP contribution in [0.15, 0.2) is 24.5 Å². The van der Waals surface area contributed by atoms with Crippen LogP contribution in [0.25, 0.3) is 22.6 Å². The summed E-state index contributed by atoms with van der Waals surface area (Å²) >= 11 is 0. The third-order valence-electron chi connectivity index (χ3n) is 4.05. The number of hydrogen-bond donors (Lipinski definition) is 0. The van der Waals surface area contributed by atoms with Crippen molar-refractivity contribution in [1.29, 1.82) is 5.26 Å². The van der Waals surface area contributed by atoms with Crippen LogP contribution in [-0.4, -0.2) is 50.8 Å². The van der Waals surface area contributed by atoms with Crippen molar-refractivity contribution in [2.45, 2.75) is 0 Å². The van der Waals surface area contributed by atoms with Gasteiger partial charge in [-0.05, 0) is 12.1 Å². The summed E-state index contributed by atoms with van der Waals surface area (Å²) < 4.78 is 7.29. The number of anilines is 1. The average molecular weight is 321 g/mol. The van der Waals surface area contributed by atoms with Gasteiger partial charge in [-0.2, -0.15) is 15.2 Å². The number of nitrogens with zero attached hydrogens (tertiary/aromatic N) is 7. The third kappa shape index (κ3) is 2.35. The molecule has 0 unspecified atom stereocenters. The van der Waals surface area contributed by atoms with Crippen LogP contribution in [0.1, 0.15) is 5.82 Å². The minimum absolute atomic E-state index is 0.147. The SMILES string of the molecule is Cn1c(-c2ccncc2)nc2c(N3CCOCC3)nc(C#N)nc21. The lowest BCUT2D eigenvalue weighted by Crippen LogP contribution is -2.37. The molecule has 120 valence electrons. The lowest BCUT2D eigenvalue weighted by atomic mass is 10.2. The Kier molecular flexibility index (Phi) is 3.55. The molecule has 0 spiro atoms. The number of ether oxygens (including phenoxy) is 1. The van der Waals surface area contributed by atoms with Crippen molar-refractivity contribution in [3.63, 3.8) is 0 Å². The highest BCUT2D eigenvalue weighted by atomic mass is 16.5. The standard InChI is InChI=1S/C16H15N7O/c1-22-14(11-2-4-18-5-3-11)21-13-15(22)19-12(10-17)20-16(13)23-6-8-24-9-7-23/h2-5H,6-9H2,1H3. The second-order valence-electron chi connectivity index (χ2n) is 5.48. The summed E-state index contributed by atoms with van der Waals surface area (Å²) in [5, 5.41) is 9.28. The molecule has 0 amide bonds. The highest BCUT2D eigenvalue weighted by molar-refractivity contribution is 5.87. The number of hydrogen-bond acceptors (Lipinski definition) is 7. The smallest absolute Gasteiger partial charge is 0.236 e. The highest BCUT2D eigenvalue weighted by Crippen LogP contribution is 2.28. The highest BCUT2D eigenvalue weighted by Gasteiger charge is 2.22. The molecule has 8 nitrogen and oxygen atoms in total. The predicted molar refractivity (Wildman–Crippen MR) is 87.3 cm³/mol. The lowest BCUT2D eigenvalue weighted by Gasteiger charge is -2.27. The number of fused-ring (bicyclic) bond motifs is 1. The van der Waals surface area contributed by atoms with E-state index in [4.69, 9.17) is 9.72 Å². The fraction of sp³-hybridized carbons (Fsp3) is 0.312. The molecule has 0 atom stereocenters. The largest absolute Gasteiger partial charge is 0.378 e. The van der Waals surface area contributed by atoms with Crippen LogP contribution in [0.4, 0.5) is 5.82 Å². The van der Waals surface area contributed by atoms with Crippen molar-refractivity contribution >= 4 is 17.0 Å². The number of pyridine rings is 1. The molecule has 1 aliphatic rings. The minimum atomic E-state index is 0.147. The van der Waals surface area contributed by atoms with E-state index in [0.717, 1.165) is 24.5 Å². The van der Waals surface area contributed by atoms with Crippen molar-refractivity contribution < 1.29 is 4.74 Å². The first-order valence-corrected chi connectivity index (χ1v) is 7.65. The molecule has 0 aromatic carbocycles. The molecule has 4 rings (SSSR count). The number of morpholine rings is 1. The van der Waals surface area contributed by atoms with Crippen LogP contribution in [0.3, 0.4) is 0 Å². The van der Waals surface area contributed by atoms with Crippen LogP contribution >= 0.6 is 0 Å². The van der Waals surface area contributed by atoms with Crippen LogP contribution in [0, 0.1) is 11.3 Å². The number of aromatic nitrogens is 5. The van der Waals surface area contributed by atoms with Gasteiger partial charge in [-0.3, -0.25) is 4.98 Å². The Hall–Kier alpha value is -3.05. The van der Waals surface area contributed by atoms with Crippen LogP contribution in [0.5, 0.6) is 0 Å². The van der Waals surface area contributed by atoms with Crippen molar-refractivity contribution in [2.75, 3.05) is 31.2 Å². The van der Waals surface area contributed by atoms with Crippen molar-refractivity contribution in [3.05, 3.63) is 30.4 Å². The van der Waals surface area contributed by atoms with Crippen molar-refractivity contribution in [2.24, 2.45) is 7.05 Å². The molecule has 0 saturated carbocycles. The van der Waals surface area contributed by atoms with E-state index in [1.54, 1.807) is 12.4 Å². The van der Waals surface area contributed by atoms with E-state index in [1.165, 1.54) is 0 Å². The summed E-state index contributed by atoms with van der Waals surface area (Å²) in [7, 11) is 1.89. The number of imidazole rings is 1. The van der Waals surface area contributed by atoms with Gasteiger partial charge in [0.2, 0.25) is 5.82 Å². The van der Waals surface area contributed by atoms with Gasteiger partial charge in [0.05, 0.1) is 13.2 Å². The maximum Gasteiger partial charge on any atom is 0.236 e. The van der Waals surface area contributed by atoms with Gasteiger partial charge < -0.3 is 14.2 Å². The molecule has 1 aliphatic heterocycles. The summed E-state index contributed by atoms with van der Waals surface area (Å²) in [5.41, 5.74) is 2.29. The second-order valence-corrected chi connectivity index (χ2v) is 5.48. The summed E-state index contributed by atoms with van der Waals surface area (Å²) in [6, 6.07) is 5.84. The third-order valence-corrected chi connectivity index (χ3v) is 4.05. The first-order chi connectivity index (χ1) is 11.8. The minimum Gasteiger partial charge on any atom is -0.378 e. The van der Waals surface area contributed by atoms with Gasteiger partial charge in [0.15, 0.2) is 17.0 Å². The van der Waals surface area contributed by atoms with Gasteiger partial charge in [-0.1, -0.05) is 0 Å². The second kappa shape index (κ2) is 5.86. The van der Waals surface area contributed by atoms with Gasteiger partial charge in [0.25, 0.3) is 0 Å². The maximum absolute atomic E-state index is 9.28. The van der Waals surface area contributed by atoms with E-state index in [1.807, 2.05) is 29.8 Å². The van der Waals surface area contributed by atoms with Gasteiger partial charge in [0, 0.05) is 38.1 Å². The normalized spacial score (nSPS) is 14.8. The molecule has 0 N–H and O–H groups in total. The molecule has 4 heterocycles. The summed E-state index contributed by atoms with van der Waals surface area (Å²) in [6.07, 6.45) is 3.45. The van der Waals surface area contributed by atoms with Crippen LogP contribution in [-0.2, 0) is 11.8 Å². The van der Waals surface area contributed by atoms with E-state index in [2.05, 4.69) is 19.9 Å². The topological polar surface area (TPSA) is 92.8 Å². The molecule has 0 bridgehead atoms. The van der Waals surface area contributed by atoms with Crippen LogP contribution in [0.2, 0.25) is 0 Å². The monoisotopic (exact) mass is 321 g/mol. The van der Waals surface area contributed by atoms with E-state index in [0.29, 0.717) is 30.2 Å². The molecule has 1 fully saturated rings. The fourth-order valence-corrected chi connectivity index (χ4v) is 2.85. The average Bonchev–Trinajstić information content (AvgIpc) is 2.99. The van der Waals surface area contributed by atoms with Gasteiger partial charge in [-0.15, -0.1) is 0 Å². The zero-order valence-electron chi connectivity index (χ0n) is 13.2. The van der Waals surface area contributed by atoms with E-state index < -0.39 is 0 Å². The van der Waals surface area contributed by atoms with Gasteiger partial charge in [-0.25, -0.2) is 4.98 Å². The maximum atomic E-state index is 9.28. The lowest BCUT2D eigenvalue weighted by molar-refractivity contribution is 0.122. The Balaban J connectivity index is 1.94. The molecule has 24 heavy (non-hydrogen) atoms. The Morgan fingerprint density at radius 2 is 1.88 bits per heavy atom. The molecule has 8 heteroatoms. The predicted octanol–water partition coefficient (Wildman–Crippen LogP) is 1.13. The number of aryl methyl sites for hydroxylation is 1. The first-order valence-electron chi connectivity index (χ1n) is 7.65. The number of rotatable bonds is 2. The molecule has 1 saturated heterocycles. The van der Waals surface area contributed by atoms with Crippen LogP contribution < -0.4 is 4.90 Å². The zero-order chi connectivity index (χ0) is 16.5. The first kappa shape index (κ1) is 14.5. The number of nitriles is 1. The zero-order valence-corrected chi connectivity index (χ0v) is 13.2. The van der Waals surface area contributed by atoms with Crippen molar-refractivity contribution in [1.82, 2.24) is 24.5 Å². The van der Waals surface area contributed by atoms with Gasteiger partial charge >= 0.3 is 0 Å². The quantitative estimate of drug-likeness (QED) is 0.698. The van der Waals surface area contributed by atoms with E-state index >= 15 is 0 Å². The molecule has 3 aromatic rings. The molecular formula is C16H15N7O. The molecule has 0 radical (unpaired) electrons. The molecular weight excluding hydrogens is 306 g/mol. The summed E-state index contributed by atoms with van der Waals surface area (Å²) in [5.74, 6) is 1.61. The fourth-order valence-electron chi connectivity index (χ4n) is 2.85. The van der Waals surface area contributed by atoms with E-state index in [9.17, 15) is 5.26 Å². The Bertz CT molecular complexity index is 923. The Labute approximate surface area is 138 Å². The Morgan fingerprint density at radius 1 is 1.12 bits per heavy atom. The van der Waals surface area contributed by atoms with Gasteiger partial charge in [0.1, 0.15) is 11.9 Å². The molecule has 3 aromatic heterocycles. The van der Waals surface area contributed by atoms with Crippen molar-refractivity contribution in [3.8, 4) is 17.5 Å². The Morgan fingerprint density at radius 3 is 2.58 bits per heavy atom. The molecule has 0 aliphatic carbocycles. The summed E-state index contributed by atoms with van der Waals surface area (Å²) in [4.78, 5) is 19.6. The van der Waals surface area contributed by atoms with E-state index in [-0.39, 0.29) is 5.82 Å².